The van der Waals surface area contributed by atoms with Gasteiger partial charge in [-0.2, -0.15) is 0 Å². The molecule has 0 radical (unpaired) electrons. The molecule has 0 aromatic carbocycles. The molecule has 6 nitrogen and oxygen atoms in total. The summed E-state index contributed by atoms with van der Waals surface area (Å²) in [5.41, 5.74) is 2.43. The van der Waals surface area contributed by atoms with Crippen LogP contribution in [-0.4, -0.2) is 28.2 Å². The van der Waals surface area contributed by atoms with E-state index in [9.17, 15) is 0 Å². The highest BCUT2D eigenvalue weighted by molar-refractivity contribution is 9.10. The summed E-state index contributed by atoms with van der Waals surface area (Å²) in [5, 5.41) is 3.41. The summed E-state index contributed by atoms with van der Waals surface area (Å²) in [6, 6.07) is 0.338. The highest BCUT2D eigenvalue weighted by atomic mass is 79.9. The molecule has 1 aromatic rings. The zero-order valence-corrected chi connectivity index (χ0v) is 12.1. The van der Waals surface area contributed by atoms with Gasteiger partial charge in [0.15, 0.2) is 5.82 Å². The predicted octanol–water partition coefficient (Wildman–Crippen LogP) is 1.89. The third-order valence-electron chi connectivity index (χ3n) is 2.96. The first-order chi connectivity index (χ1) is 8.52. The molecule has 0 amide bonds. The molecule has 18 heavy (non-hydrogen) atoms. The second-order valence-corrected chi connectivity index (χ2v) is 5.76. The molecule has 1 unspecified atom stereocenters. The van der Waals surface area contributed by atoms with E-state index in [4.69, 9.17) is 10.6 Å². The standard InChI is InChI=1S/C11H18BrN5O/c1-11(2)5-7(3-4-18-11)16-9-8(12)10(17-13)15-6-14-9/h6-7H,3-5,13H2,1-2H3,(H2,14,15,16,17). The SMILES string of the molecule is CC1(C)CC(Nc2ncnc(NN)c2Br)CCO1. The van der Waals surface area contributed by atoms with Crippen molar-refractivity contribution in [3.05, 3.63) is 10.8 Å². The van der Waals surface area contributed by atoms with E-state index >= 15 is 0 Å². The van der Waals surface area contributed by atoms with Gasteiger partial charge in [0.2, 0.25) is 0 Å². The Morgan fingerprint density at radius 1 is 1.44 bits per heavy atom. The molecule has 4 N–H and O–H groups in total. The number of nitrogen functional groups attached to an aromatic ring is 1. The van der Waals surface area contributed by atoms with Crippen LogP contribution in [0.2, 0.25) is 0 Å². The topological polar surface area (TPSA) is 85.1 Å². The Bertz CT molecular complexity index is 426. The van der Waals surface area contributed by atoms with Gasteiger partial charge < -0.3 is 15.5 Å². The van der Waals surface area contributed by atoms with Gasteiger partial charge in [0, 0.05) is 12.6 Å². The Morgan fingerprint density at radius 3 is 2.83 bits per heavy atom. The number of ether oxygens (including phenoxy) is 1. The lowest BCUT2D eigenvalue weighted by molar-refractivity contribution is -0.0553. The largest absolute Gasteiger partial charge is 0.375 e. The number of hydrogen-bond donors (Lipinski definition) is 3. The summed E-state index contributed by atoms with van der Waals surface area (Å²) in [6.45, 7) is 4.96. The third kappa shape index (κ3) is 3.09. The summed E-state index contributed by atoms with van der Waals surface area (Å²) in [4.78, 5) is 8.24. The van der Waals surface area contributed by atoms with Crippen LogP contribution in [0.3, 0.4) is 0 Å². The first-order valence-electron chi connectivity index (χ1n) is 5.89. The number of aromatic nitrogens is 2. The molecule has 0 saturated carbocycles. The molecule has 1 atom stereocenters. The lowest BCUT2D eigenvalue weighted by atomic mass is 9.94. The highest BCUT2D eigenvalue weighted by Gasteiger charge is 2.29. The van der Waals surface area contributed by atoms with Gasteiger partial charge in [-0.1, -0.05) is 0 Å². The first-order valence-corrected chi connectivity index (χ1v) is 6.69. The van der Waals surface area contributed by atoms with Gasteiger partial charge in [-0.3, -0.25) is 0 Å². The van der Waals surface area contributed by atoms with Crippen LogP contribution >= 0.6 is 15.9 Å². The number of rotatable bonds is 3. The van der Waals surface area contributed by atoms with Crippen LogP contribution in [0.1, 0.15) is 26.7 Å². The second kappa shape index (κ2) is 5.38. The van der Waals surface area contributed by atoms with Crippen molar-refractivity contribution in [2.75, 3.05) is 17.3 Å². The molecular weight excluding hydrogens is 298 g/mol. The molecular formula is C11H18BrN5O. The number of nitrogens with zero attached hydrogens (tertiary/aromatic N) is 2. The maximum absolute atomic E-state index is 5.69. The smallest absolute Gasteiger partial charge is 0.159 e. The van der Waals surface area contributed by atoms with Gasteiger partial charge in [0.05, 0.1) is 5.60 Å². The minimum atomic E-state index is -0.0929. The molecule has 0 bridgehead atoms. The van der Waals surface area contributed by atoms with Crippen LogP contribution in [0.4, 0.5) is 11.6 Å². The average Bonchev–Trinajstić information content (AvgIpc) is 2.31. The van der Waals surface area contributed by atoms with Gasteiger partial charge >= 0.3 is 0 Å². The first kappa shape index (κ1) is 13.5. The number of anilines is 2. The van der Waals surface area contributed by atoms with Crippen molar-refractivity contribution in [3.63, 3.8) is 0 Å². The predicted molar refractivity (Wildman–Crippen MR) is 74.2 cm³/mol. The summed E-state index contributed by atoms with van der Waals surface area (Å²) < 4.78 is 6.44. The van der Waals surface area contributed by atoms with Crippen molar-refractivity contribution in [3.8, 4) is 0 Å². The van der Waals surface area contributed by atoms with E-state index in [1.54, 1.807) is 0 Å². The van der Waals surface area contributed by atoms with Crippen LogP contribution in [0, 0.1) is 0 Å². The maximum atomic E-state index is 5.69. The van der Waals surface area contributed by atoms with E-state index in [1.165, 1.54) is 6.33 Å². The van der Waals surface area contributed by atoms with Gasteiger partial charge in [-0.25, -0.2) is 15.8 Å². The fourth-order valence-electron chi connectivity index (χ4n) is 2.12. The van der Waals surface area contributed by atoms with Gasteiger partial charge in [-0.15, -0.1) is 0 Å². The summed E-state index contributed by atoms with van der Waals surface area (Å²) in [7, 11) is 0. The van der Waals surface area contributed by atoms with Crippen molar-refractivity contribution < 1.29 is 4.74 Å². The zero-order valence-electron chi connectivity index (χ0n) is 10.5. The molecule has 1 aliphatic heterocycles. The fraction of sp³-hybridized carbons (Fsp3) is 0.636. The number of nitrogens with one attached hydrogen (secondary N) is 2. The Balaban J connectivity index is 2.09. The van der Waals surface area contributed by atoms with Crippen molar-refractivity contribution in [1.29, 1.82) is 0 Å². The lowest BCUT2D eigenvalue weighted by Gasteiger charge is -2.36. The van der Waals surface area contributed by atoms with Crippen molar-refractivity contribution in [1.82, 2.24) is 9.97 Å². The van der Waals surface area contributed by atoms with Crippen molar-refractivity contribution in [2.45, 2.75) is 38.3 Å². The monoisotopic (exact) mass is 315 g/mol. The molecule has 1 aromatic heterocycles. The van der Waals surface area contributed by atoms with Crippen LogP contribution in [0.15, 0.2) is 10.8 Å². The molecule has 7 heteroatoms. The van der Waals surface area contributed by atoms with Crippen LogP contribution in [0.25, 0.3) is 0 Å². The number of hydrazine groups is 1. The highest BCUT2D eigenvalue weighted by Crippen LogP contribution is 2.30. The van der Waals surface area contributed by atoms with Gasteiger partial charge in [0.25, 0.3) is 0 Å². The summed E-state index contributed by atoms with van der Waals surface area (Å²) in [5.74, 6) is 6.70. The van der Waals surface area contributed by atoms with E-state index in [0.717, 1.165) is 29.7 Å². The van der Waals surface area contributed by atoms with Crippen LogP contribution in [-0.2, 0) is 4.74 Å². The molecule has 1 fully saturated rings. The fourth-order valence-corrected chi connectivity index (χ4v) is 2.55. The Kier molecular flexibility index (Phi) is 4.04. The molecule has 100 valence electrons. The van der Waals surface area contributed by atoms with E-state index in [1.807, 2.05) is 0 Å². The molecule has 1 aliphatic rings. The number of halogens is 1. The minimum absolute atomic E-state index is 0.0929. The van der Waals surface area contributed by atoms with E-state index in [2.05, 4.69) is 50.5 Å². The van der Waals surface area contributed by atoms with Crippen LogP contribution < -0.4 is 16.6 Å². The third-order valence-corrected chi connectivity index (χ3v) is 3.72. The normalized spacial score (nSPS) is 22.6. The lowest BCUT2D eigenvalue weighted by Crippen LogP contribution is -2.40. The van der Waals surface area contributed by atoms with Gasteiger partial charge in [0.1, 0.15) is 16.6 Å². The van der Waals surface area contributed by atoms with Crippen molar-refractivity contribution in [2.24, 2.45) is 5.84 Å². The Labute approximate surface area is 115 Å². The van der Waals surface area contributed by atoms with Crippen molar-refractivity contribution >= 4 is 27.6 Å². The molecule has 2 rings (SSSR count). The number of hydrogen-bond acceptors (Lipinski definition) is 6. The van der Waals surface area contributed by atoms with E-state index < -0.39 is 0 Å². The van der Waals surface area contributed by atoms with Crippen LogP contribution in [0.5, 0.6) is 0 Å². The quantitative estimate of drug-likeness (QED) is 0.583. The zero-order chi connectivity index (χ0) is 13.2. The minimum Gasteiger partial charge on any atom is -0.375 e. The molecule has 1 saturated heterocycles. The van der Waals surface area contributed by atoms with E-state index in [0.29, 0.717) is 11.9 Å². The Morgan fingerprint density at radius 2 is 2.17 bits per heavy atom. The Hall–Kier alpha value is -0.920. The molecule has 0 aliphatic carbocycles. The van der Waals surface area contributed by atoms with Gasteiger partial charge in [-0.05, 0) is 42.6 Å². The second-order valence-electron chi connectivity index (χ2n) is 4.97. The number of nitrogens with two attached hydrogens (primary N) is 1. The average molecular weight is 316 g/mol. The molecule has 2 heterocycles. The summed E-state index contributed by atoms with van der Waals surface area (Å²) in [6.07, 6.45) is 3.38. The molecule has 0 spiro atoms. The van der Waals surface area contributed by atoms with E-state index in [-0.39, 0.29) is 5.60 Å². The maximum Gasteiger partial charge on any atom is 0.159 e. The summed E-state index contributed by atoms with van der Waals surface area (Å²) >= 11 is 3.44.